The Hall–Kier alpha value is -1.43. The summed E-state index contributed by atoms with van der Waals surface area (Å²) in [5, 5.41) is 0.943. The molecule has 1 saturated heterocycles. The van der Waals surface area contributed by atoms with Crippen LogP contribution >= 0.6 is 23.2 Å². The third kappa shape index (κ3) is 2.61. The minimum atomic E-state index is -0.627. The van der Waals surface area contributed by atoms with Gasteiger partial charge >= 0.3 is 0 Å². The highest BCUT2D eigenvalue weighted by Gasteiger charge is 2.68. The molecule has 7 heteroatoms. The first kappa shape index (κ1) is 20.5. The van der Waals surface area contributed by atoms with Crippen molar-refractivity contribution in [2.45, 2.75) is 56.9 Å². The van der Waals surface area contributed by atoms with Crippen molar-refractivity contribution >= 4 is 40.1 Å². The summed E-state index contributed by atoms with van der Waals surface area (Å²) in [6.45, 7) is 6.50. The van der Waals surface area contributed by atoms with Gasteiger partial charge < -0.3 is 9.80 Å². The zero-order chi connectivity index (χ0) is 21.4. The number of amides is 1. The zero-order valence-corrected chi connectivity index (χ0v) is 19.5. The molecule has 5 rings (SSSR count). The van der Waals surface area contributed by atoms with Gasteiger partial charge in [-0.1, -0.05) is 37.0 Å². The summed E-state index contributed by atoms with van der Waals surface area (Å²) >= 11 is 12.5. The Labute approximate surface area is 187 Å². The van der Waals surface area contributed by atoms with Crippen LogP contribution in [-0.2, 0) is 10.2 Å². The molecule has 2 bridgehead atoms. The quantitative estimate of drug-likeness (QED) is 0.673. The van der Waals surface area contributed by atoms with Crippen molar-refractivity contribution in [3.8, 4) is 0 Å². The number of rotatable bonds is 2. The molecule has 0 radical (unpaired) electrons. The van der Waals surface area contributed by atoms with Gasteiger partial charge in [0, 0.05) is 19.0 Å². The lowest BCUT2D eigenvalue weighted by atomic mass is 9.67. The third-order valence-corrected chi connectivity index (χ3v) is 8.89. The van der Waals surface area contributed by atoms with Gasteiger partial charge in [0.15, 0.2) is 0 Å². The number of nitrogens with zero attached hydrogens (tertiary/aromatic N) is 4. The molecule has 2 fully saturated rings. The molecule has 1 aliphatic heterocycles. The molecule has 3 aliphatic rings. The first-order valence-electron chi connectivity index (χ1n) is 10.8. The number of benzene rings is 1. The summed E-state index contributed by atoms with van der Waals surface area (Å²) in [6.07, 6.45) is 3.83. The molecule has 1 saturated carbocycles. The molecule has 2 aromatic rings. The van der Waals surface area contributed by atoms with E-state index in [0.717, 1.165) is 55.7 Å². The van der Waals surface area contributed by atoms with Crippen LogP contribution in [0.3, 0.4) is 0 Å². The van der Waals surface area contributed by atoms with E-state index in [1.165, 1.54) is 0 Å². The molecule has 0 spiro atoms. The van der Waals surface area contributed by atoms with Gasteiger partial charge in [-0.25, -0.2) is 9.97 Å². The lowest BCUT2D eigenvalue weighted by molar-refractivity contribution is -0.142. The molecular weight excluding hydrogens is 419 g/mol. The number of halogens is 2. The highest BCUT2D eigenvalue weighted by atomic mass is 35.5. The van der Waals surface area contributed by atoms with Crippen molar-refractivity contribution in [3.63, 3.8) is 0 Å². The SMILES string of the molecule is CN1CCC(N(C)C(=O)C23CCC(c4nc5cc(Cl)c(Cl)cc5nc42)C3(C)C)CC1. The van der Waals surface area contributed by atoms with Crippen molar-refractivity contribution < 1.29 is 4.79 Å². The number of fused-ring (bicyclic) bond motifs is 6. The lowest BCUT2D eigenvalue weighted by Crippen LogP contribution is -2.54. The molecule has 1 amide bonds. The Bertz CT molecular complexity index is 1050. The number of aromatic nitrogens is 2. The van der Waals surface area contributed by atoms with E-state index >= 15 is 0 Å². The first-order chi connectivity index (χ1) is 14.2. The zero-order valence-electron chi connectivity index (χ0n) is 18.0. The molecule has 2 unspecified atom stereocenters. The van der Waals surface area contributed by atoms with Crippen molar-refractivity contribution in [2.75, 3.05) is 27.2 Å². The number of likely N-dealkylation sites (N-methyl/N-ethyl adjacent to an activating group) is 1. The van der Waals surface area contributed by atoms with Gasteiger partial charge in [0.2, 0.25) is 5.91 Å². The van der Waals surface area contributed by atoms with Crippen molar-refractivity contribution in [2.24, 2.45) is 5.41 Å². The van der Waals surface area contributed by atoms with Crippen molar-refractivity contribution in [1.82, 2.24) is 19.8 Å². The highest BCUT2D eigenvalue weighted by molar-refractivity contribution is 6.42. The smallest absolute Gasteiger partial charge is 0.235 e. The van der Waals surface area contributed by atoms with Gasteiger partial charge in [-0.05, 0) is 63.4 Å². The van der Waals surface area contributed by atoms with Crippen LogP contribution in [0.25, 0.3) is 11.0 Å². The number of hydrogen-bond donors (Lipinski definition) is 0. The van der Waals surface area contributed by atoms with E-state index in [1.807, 2.05) is 11.9 Å². The molecule has 0 N–H and O–H groups in total. The third-order valence-electron chi connectivity index (χ3n) is 8.17. The van der Waals surface area contributed by atoms with Gasteiger partial charge in [-0.3, -0.25) is 4.79 Å². The summed E-state index contributed by atoms with van der Waals surface area (Å²) in [7, 11) is 4.13. The fourth-order valence-electron chi connectivity index (χ4n) is 6.20. The van der Waals surface area contributed by atoms with E-state index in [2.05, 4.69) is 25.8 Å². The average molecular weight is 447 g/mol. The number of piperidine rings is 1. The molecule has 2 heterocycles. The maximum absolute atomic E-state index is 14.1. The standard InChI is InChI=1S/C23H28Cl2N4O/c1-22(2)14-5-8-23(22,21(30)29(4)13-6-9-28(3)10-7-13)20-19(14)26-17-11-15(24)16(25)12-18(17)27-20/h11-14H,5-10H2,1-4H3. The summed E-state index contributed by atoms with van der Waals surface area (Å²) in [4.78, 5) is 28.5. The highest BCUT2D eigenvalue weighted by Crippen LogP contribution is 2.67. The average Bonchev–Trinajstić information content (AvgIpc) is 3.08. The monoisotopic (exact) mass is 446 g/mol. The van der Waals surface area contributed by atoms with E-state index in [-0.39, 0.29) is 23.3 Å². The van der Waals surface area contributed by atoms with Crippen LogP contribution in [0.1, 0.15) is 56.8 Å². The van der Waals surface area contributed by atoms with Crippen LogP contribution in [0.2, 0.25) is 10.0 Å². The van der Waals surface area contributed by atoms with E-state index < -0.39 is 5.41 Å². The number of likely N-dealkylation sites (tertiary alicyclic amines) is 1. The summed E-state index contributed by atoms with van der Waals surface area (Å²) in [5.74, 6) is 0.436. The Balaban J connectivity index is 1.62. The van der Waals surface area contributed by atoms with E-state index in [4.69, 9.17) is 33.2 Å². The van der Waals surface area contributed by atoms with Crippen LogP contribution in [0.5, 0.6) is 0 Å². The number of carbonyl (C=O) groups is 1. The van der Waals surface area contributed by atoms with Gasteiger partial charge in [-0.2, -0.15) is 0 Å². The number of carbonyl (C=O) groups excluding carboxylic acids is 1. The predicted molar refractivity (Wildman–Crippen MR) is 120 cm³/mol. The van der Waals surface area contributed by atoms with Crippen LogP contribution in [0.4, 0.5) is 0 Å². The molecule has 30 heavy (non-hydrogen) atoms. The summed E-state index contributed by atoms with van der Waals surface area (Å²) < 4.78 is 0. The van der Waals surface area contributed by atoms with Crippen LogP contribution in [0.15, 0.2) is 12.1 Å². The lowest BCUT2D eigenvalue weighted by Gasteiger charge is -2.43. The molecular formula is C23H28Cl2N4O. The molecule has 5 nitrogen and oxygen atoms in total. The minimum Gasteiger partial charge on any atom is -0.342 e. The van der Waals surface area contributed by atoms with Gasteiger partial charge in [-0.15, -0.1) is 0 Å². The van der Waals surface area contributed by atoms with Crippen molar-refractivity contribution in [3.05, 3.63) is 33.6 Å². The first-order valence-corrected chi connectivity index (χ1v) is 11.6. The fourth-order valence-corrected chi connectivity index (χ4v) is 6.51. The van der Waals surface area contributed by atoms with E-state index in [1.54, 1.807) is 12.1 Å². The molecule has 160 valence electrons. The summed E-state index contributed by atoms with van der Waals surface area (Å²) in [5.41, 5.74) is 2.44. The van der Waals surface area contributed by atoms with Gasteiger partial charge in [0.1, 0.15) is 0 Å². The maximum Gasteiger partial charge on any atom is 0.235 e. The van der Waals surface area contributed by atoms with Crippen LogP contribution in [-0.4, -0.2) is 58.9 Å². The second kappa shape index (κ2) is 6.78. The molecule has 2 atom stereocenters. The predicted octanol–water partition coefficient (Wildman–Crippen LogP) is 4.64. The molecule has 1 aromatic heterocycles. The van der Waals surface area contributed by atoms with Gasteiger partial charge in [0.05, 0.1) is 37.9 Å². The maximum atomic E-state index is 14.1. The summed E-state index contributed by atoms with van der Waals surface area (Å²) in [6, 6.07) is 3.83. The molecule has 1 aromatic carbocycles. The fraction of sp³-hybridized carbons (Fsp3) is 0.609. The van der Waals surface area contributed by atoms with E-state index in [9.17, 15) is 4.79 Å². The number of hydrogen-bond acceptors (Lipinski definition) is 4. The van der Waals surface area contributed by atoms with E-state index in [0.29, 0.717) is 15.6 Å². The Morgan fingerprint density at radius 3 is 2.33 bits per heavy atom. The minimum absolute atomic E-state index is 0.206. The largest absolute Gasteiger partial charge is 0.342 e. The normalized spacial score (nSPS) is 28.1. The van der Waals surface area contributed by atoms with Crippen molar-refractivity contribution in [1.29, 1.82) is 0 Å². The topological polar surface area (TPSA) is 49.3 Å². The Kier molecular flexibility index (Phi) is 4.63. The second-order valence-electron chi connectivity index (χ2n) is 9.88. The Morgan fingerprint density at radius 1 is 1.10 bits per heavy atom. The Morgan fingerprint density at radius 2 is 1.70 bits per heavy atom. The van der Waals surface area contributed by atoms with Gasteiger partial charge in [0.25, 0.3) is 0 Å². The van der Waals surface area contributed by atoms with Crippen LogP contribution in [0, 0.1) is 5.41 Å². The second-order valence-corrected chi connectivity index (χ2v) is 10.7. The van der Waals surface area contributed by atoms with Crippen LogP contribution < -0.4 is 0 Å². The molecule has 2 aliphatic carbocycles.